The van der Waals surface area contributed by atoms with Crippen LogP contribution in [0.4, 0.5) is 0 Å². The maximum atomic E-state index is 9.36. The molecule has 0 saturated heterocycles. The third kappa shape index (κ3) is 2.85. The van der Waals surface area contributed by atoms with Gasteiger partial charge in [-0.2, -0.15) is 0 Å². The molecule has 0 amide bonds. The highest BCUT2D eigenvalue weighted by atomic mass is 16.3. The van der Waals surface area contributed by atoms with Gasteiger partial charge in [-0.15, -0.1) is 0 Å². The number of hydrogen-bond acceptors (Lipinski definition) is 4. The lowest BCUT2D eigenvalue weighted by atomic mass is 10.0. The minimum atomic E-state index is -0.147. The highest BCUT2D eigenvalue weighted by Gasteiger charge is 2.03. The quantitative estimate of drug-likeness (QED) is 0.626. The maximum Gasteiger partial charge on any atom is 0.157 e. The summed E-state index contributed by atoms with van der Waals surface area (Å²) in [5, 5.41) is 37.2. The van der Waals surface area contributed by atoms with E-state index in [1.165, 1.54) is 18.2 Å². The largest absolute Gasteiger partial charge is 0.508 e. The summed E-state index contributed by atoms with van der Waals surface area (Å²) >= 11 is 0. The summed E-state index contributed by atoms with van der Waals surface area (Å²) in [6.45, 7) is 0. The average molecular weight is 246 g/mol. The Morgan fingerprint density at radius 3 is 1.83 bits per heavy atom. The average Bonchev–Trinajstić information content (AvgIpc) is 2.29. The zero-order valence-electron chi connectivity index (χ0n) is 9.67. The number of aryl methyl sites for hydroxylation is 2. The first-order chi connectivity index (χ1) is 8.54. The van der Waals surface area contributed by atoms with Crippen molar-refractivity contribution >= 4 is 0 Å². The molecule has 0 radical (unpaired) electrons. The lowest BCUT2D eigenvalue weighted by Crippen LogP contribution is -1.91. The van der Waals surface area contributed by atoms with Gasteiger partial charge < -0.3 is 20.4 Å². The molecule has 0 atom stereocenters. The summed E-state index contributed by atoms with van der Waals surface area (Å²) in [5.41, 5.74) is 1.67. The number of rotatable bonds is 3. The van der Waals surface area contributed by atoms with Crippen LogP contribution in [0.25, 0.3) is 0 Å². The van der Waals surface area contributed by atoms with E-state index in [4.69, 9.17) is 0 Å². The molecule has 0 bridgehead atoms. The van der Waals surface area contributed by atoms with Gasteiger partial charge in [-0.05, 0) is 48.2 Å². The molecule has 4 N–H and O–H groups in total. The van der Waals surface area contributed by atoms with Crippen molar-refractivity contribution in [2.75, 3.05) is 0 Å². The van der Waals surface area contributed by atoms with Crippen molar-refractivity contribution in [3.8, 4) is 23.0 Å². The molecule has 94 valence electrons. The monoisotopic (exact) mass is 246 g/mol. The predicted octanol–water partition coefficient (Wildman–Crippen LogP) is 2.29. The van der Waals surface area contributed by atoms with Crippen molar-refractivity contribution in [1.82, 2.24) is 0 Å². The van der Waals surface area contributed by atoms with Crippen LogP contribution in [-0.4, -0.2) is 20.4 Å². The van der Waals surface area contributed by atoms with Gasteiger partial charge in [0.1, 0.15) is 11.5 Å². The molecule has 0 spiro atoms. The molecule has 0 aromatic heterocycles. The van der Waals surface area contributed by atoms with Crippen molar-refractivity contribution in [3.05, 3.63) is 47.5 Å². The normalized spacial score (nSPS) is 10.4. The third-order valence-corrected chi connectivity index (χ3v) is 2.70. The number of aromatic hydroxyl groups is 4. The number of hydrogen-bond donors (Lipinski definition) is 4. The Labute approximate surface area is 104 Å². The molecule has 0 aliphatic rings. The molecule has 0 aliphatic carbocycles. The van der Waals surface area contributed by atoms with Crippen LogP contribution < -0.4 is 0 Å². The minimum Gasteiger partial charge on any atom is -0.508 e. The Morgan fingerprint density at radius 1 is 0.611 bits per heavy atom. The van der Waals surface area contributed by atoms with Crippen LogP contribution in [0.15, 0.2) is 36.4 Å². The van der Waals surface area contributed by atoms with Gasteiger partial charge in [0, 0.05) is 6.07 Å². The van der Waals surface area contributed by atoms with E-state index in [0.717, 1.165) is 11.1 Å². The Hall–Kier alpha value is -2.36. The minimum absolute atomic E-state index is 0.0264. The Kier molecular flexibility index (Phi) is 3.28. The van der Waals surface area contributed by atoms with Gasteiger partial charge >= 0.3 is 0 Å². The van der Waals surface area contributed by atoms with Crippen LogP contribution in [0.3, 0.4) is 0 Å². The smallest absolute Gasteiger partial charge is 0.157 e. The molecule has 4 heteroatoms. The van der Waals surface area contributed by atoms with Gasteiger partial charge in [0.2, 0.25) is 0 Å². The zero-order valence-corrected chi connectivity index (χ0v) is 9.67. The van der Waals surface area contributed by atoms with E-state index in [1.807, 2.05) is 0 Å². The number of phenols is 4. The van der Waals surface area contributed by atoms with E-state index in [0.29, 0.717) is 12.8 Å². The SMILES string of the molecule is Oc1cc(O)cc(CCc2ccc(O)c(O)c2)c1. The molecule has 2 aromatic rings. The topological polar surface area (TPSA) is 80.9 Å². The standard InChI is InChI=1S/C14H14O4/c15-11-5-10(6-12(16)8-11)2-1-9-3-4-13(17)14(18)7-9/h3-8,15-18H,1-2H2. The second-order valence-corrected chi connectivity index (χ2v) is 4.18. The van der Waals surface area contributed by atoms with E-state index in [2.05, 4.69) is 0 Å². The van der Waals surface area contributed by atoms with Gasteiger partial charge in [-0.1, -0.05) is 6.07 Å². The van der Waals surface area contributed by atoms with E-state index < -0.39 is 0 Å². The fraction of sp³-hybridized carbons (Fsp3) is 0.143. The van der Waals surface area contributed by atoms with Crippen LogP contribution >= 0.6 is 0 Å². The van der Waals surface area contributed by atoms with Crippen molar-refractivity contribution in [2.45, 2.75) is 12.8 Å². The first kappa shape index (κ1) is 12.1. The van der Waals surface area contributed by atoms with Gasteiger partial charge in [0.25, 0.3) is 0 Å². The summed E-state index contributed by atoms with van der Waals surface area (Å²) in [5.74, 6) is -0.239. The van der Waals surface area contributed by atoms with Gasteiger partial charge in [0.05, 0.1) is 0 Å². The maximum absolute atomic E-state index is 9.36. The summed E-state index contributed by atoms with van der Waals surface area (Å²) in [6, 6.07) is 9.09. The fourth-order valence-electron chi connectivity index (χ4n) is 1.81. The van der Waals surface area contributed by atoms with Crippen LogP contribution in [-0.2, 0) is 12.8 Å². The molecule has 4 nitrogen and oxygen atoms in total. The summed E-state index contributed by atoms with van der Waals surface area (Å²) in [7, 11) is 0. The molecule has 0 heterocycles. The van der Waals surface area contributed by atoms with Gasteiger partial charge in [-0.25, -0.2) is 0 Å². The van der Waals surface area contributed by atoms with Crippen molar-refractivity contribution in [1.29, 1.82) is 0 Å². The highest BCUT2D eigenvalue weighted by molar-refractivity contribution is 5.41. The van der Waals surface area contributed by atoms with Crippen LogP contribution in [0.5, 0.6) is 23.0 Å². The Balaban J connectivity index is 2.08. The number of phenolic OH excluding ortho intramolecular Hbond substituents is 4. The van der Waals surface area contributed by atoms with Crippen molar-refractivity contribution in [2.24, 2.45) is 0 Å². The number of benzene rings is 2. The molecule has 2 aromatic carbocycles. The molecule has 0 saturated carbocycles. The van der Waals surface area contributed by atoms with E-state index in [-0.39, 0.29) is 23.0 Å². The lowest BCUT2D eigenvalue weighted by Gasteiger charge is -2.05. The molecule has 2 rings (SSSR count). The lowest BCUT2D eigenvalue weighted by molar-refractivity contribution is 0.403. The van der Waals surface area contributed by atoms with E-state index >= 15 is 0 Å². The Bertz CT molecular complexity index is 543. The van der Waals surface area contributed by atoms with E-state index in [9.17, 15) is 20.4 Å². The van der Waals surface area contributed by atoms with Gasteiger partial charge in [-0.3, -0.25) is 0 Å². The molecule has 0 aliphatic heterocycles. The summed E-state index contributed by atoms with van der Waals surface area (Å²) in [4.78, 5) is 0. The summed E-state index contributed by atoms with van der Waals surface area (Å²) in [6.07, 6.45) is 1.25. The third-order valence-electron chi connectivity index (χ3n) is 2.70. The summed E-state index contributed by atoms with van der Waals surface area (Å²) < 4.78 is 0. The highest BCUT2D eigenvalue weighted by Crippen LogP contribution is 2.26. The van der Waals surface area contributed by atoms with Crippen molar-refractivity contribution in [3.63, 3.8) is 0 Å². The van der Waals surface area contributed by atoms with Gasteiger partial charge in [0.15, 0.2) is 11.5 Å². The first-order valence-electron chi connectivity index (χ1n) is 5.57. The molecule has 18 heavy (non-hydrogen) atoms. The zero-order chi connectivity index (χ0) is 13.1. The Morgan fingerprint density at radius 2 is 1.22 bits per heavy atom. The molecule has 0 fully saturated rings. The second kappa shape index (κ2) is 4.87. The molecular formula is C14H14O4. The van der Waals surface area contributed by atoms with E-state index in [1.54, 1.807) is 18.2 Å². The predicted molar refractivity (Wildman–Crippen MR) is 67.0 cm³/mol. The van der Waals surface area contributed by atoms with Crippen molar-refractivity contribution < 1.29 is 20.4 Å². The molecule has 0 unspecified atom stereocenters. The van der Waals surface area contributed by atoms with Crippen LogP contribution in [0.1, 0.15) is 11.1 Å². The fourth-order valence-corrected chi connectivity index (χ4v) is 1.81. The molecular weight excluding hydrogens is 232 g/mol. The van der Waals surface area contributed by atoms with Crippen LogP contribution in [0, 0.1) is 0 Å². The van der Waals surface area contributed by atoms with Crippen LogP contribution in [0.2, 0.25) is 0 Å². The first-order valence-corrected chi connectivity index (χ1v) is 5.57. The second-order valence-electron chi connectivity index (χ2n) is 4.18.